The molecule has 1 saturated carbocycles. The second-order valence-electron chi connectivity index (χ2n) is 5.69. The first-order chi connectivity index (χ1) is 9.29. The molecule has 1 aliphatic heterocycles. The van der Waals surface area contributed by atoms with Crippen molar-refractivity contribution < 1.29 is 4.79 Å². The lowest BCUT2D eigenvalue weighted by atomic mass is 10.1. The molecule has 19 heavy (non-hydrogen) atoms. The fourth-order valence-electron chi connectivity index (χ4n) is 3.00. The molecule has 2 atom stereocenters. The number of benzene rings is 1. The summed E-state index contributed by atoms with van der Waals surface area (Å²) in [5.74, 6) is 0.310. The van der Waals surface area contributed by atoms with E-state index in [9.17, 15) is 4.79 Å². The highest BCUT2D eigenvalue weighted by molar-refractivity contribution is 5.85. The fraction of sp³-hybridized carbons (Fsp3) is 0.562. The van der Waals surface area contributed by atoms with E-state index in [-0.39, 0.29) is 12.2 Å². The highest BCUT2D eigenvalue weighted by atomic mass is 16.2. The lowest BCUT2D eigenvalue weighted by Crippen LogP contribution is -2.38. The zero-order chi connectivity index (χ0) is 13.2. The molecule has 1 aromatic rings. The third-order valence-corrected chi connectivity index (χ3v) is 4.07. The summed E-state index contributed by atoms with van der Waals surface area (Å²) in [6, 6.07) is 10.8. The summed E-state index contributed by atoms with van der Waals surface area (Å²) in [7, 11) is 0. The third-order valence-electron chi connectivity index (χ3n) is 4.07. The van der Waals surface area contributed by atoms with Crippen LogP contribution in [0.2, 0.25) is 0 Å². The highest BCUT2D eigenvalue weighted by Gasteiger charge is 2.45. The van der Waals surface area contributed by atoms with Crippen LogP contribution in [0.3, 0.4) is 0 Å². The van der Waals surface area contributed by atoms with Crippen molar-refractivity contribution in [2.24, 2.45) is 0 Å². The maximum atomic E-state index is 12.5. The van der Waals surface area contributed by atoms with Gasteiger partial charge < -0.3 is 4.90 Å². The maximum Gasteiger partial charge on any atom is 0.241 e. The number of nitrogens with one attached hydrogen (secondary N) is 1. The first-order valence-electron chi connectivity index (χ1n) is 7.41. The topological polar surface area (TPSA) is 32.3 Å². The molecule has 2 aliphatic rings. The van der Waals surface area contributed by atoms with E-state index >= 15 is 0 Å². The Morgan fingerprint density at radius 2 is 2.00 bits per heavy atom. The number of amides is 1. The van der Waals surface area contributed by atoms with Gasteiger partial charge in [-0.15, -0.1) is 0 Å². The van der Waals surface area contributed by atoms with E-state index in [1.54, 1.807) is 0 Å². The van der Waals surface area contributed by atoms with Crippen molar-refractivity contribution in [3.8, 4) is 0 Å². The number of hydrogen-bond acceptors (Lipinski definition) is 2. The number of carbonyl (C=O) groups excluding carboxylic acids is 1. The Balaban J connectivity index is 1.71. The van der Waals surface area contributed by atoms with Crippen LogP contribution in [0.25, 0.3) is 0 Å². The van der Waals surface area contributed by atoms with Crippen molar-refractivity contribution in [1.29, 1.82) is 0 Å². The van der Waals surface area contributed by atoms with Gasteiger partial charge in [0.2, 0.25) is 5.91 Å². The molecule has 3 rings (SSSR count). The molecule has 0 aromatic heterocycles. The van der Waals surface area contributed by atoms with Gasteiger partial charge in [-0.2, -0.15) is 0 Å². The molecule has 2 unspecified atom stereocenters. The lowest BCUT2D eigenvalue weighted by Gasteiger charge is -2.23. The first kappa shape index (κ1) is 12.7. The average molecular weight is 258 g/mol. The van der Waals surface area contributed by atoms with E-state index in [1.165, 1.54) is 18.4 Å². The van der Waals surface area contributed by atoms with Crippen molar-refractivity contribution in [2.45, 2.75) is 57.3 Å². The largest absolute Gasteiger partial charge is 0.323 e. The smallest absolute Gasteiger partial charge is 0.241 e. The molecular weight excluding hydrogens is 236 g/mol. The zero-order valence-electron chi connectivity index (χ0n) is 11.5. The highest BCUT2D eigenvalue weighted by Crippen LogP contribution is 2.33. The van der Waals surface area contributed by atoms with Crippen LogP contribution in [0.4, 0.5) is 0 Å². The molecule has 0 spiro atoms. The van der Waals surface area contributed by atoms with Gasteiger partial charge in [0.15, 0.2) is 0 Å². The van der Waals surface area contributed by atoms with E-state index in [4.69, 9.17) is 0 Å². The molecule has 1 amide bonds. The second-order valence-corrected chi connectivity index (χ2v) is 5.69. The Labute approximate surface area is 115 Å². The minimum Gasteiger partial charge on any atom is -0.323 e. The van der Waals surface area contributed by atoms with Crippen LogP contribution in [-0.2, 0) is 11.2 Å². The van der Waals surface area contributed by atoms with Crippen LogP contribution >= 0.6 is 0 Å². The Hall–Kier alpha value is -1.35. The monoisotopic (exact) mass is 258 g/mol. The molecular formula is C16H22N2O. The number of nitrogens with zero attached hydrogens (tertiary/aromatic N) is 1. The minimum absolute atomic E-state index is 0.0282. The van der Waals surface area contributed by atoms with Gasteiger partial charge in [-0.25, -0.2) is 0 Å². The molecule has 3 heteroatoms. The summed E-state index contributed by atoms with van der Waals surface area (Å²) in [4.78, 5) is 14.7. The maximum absolute atomic E-state index is 12.5. The predicted octanol–water partition coefficient (Wildman–Crippen LogP) is 2.32. The van der Waals surface area contributed by atoms with E-state index in [0.29, 0.717) is 11.9 Å². The minimum atomic E-state index is -0.0282. The van der Waals surface area contributed by atoms with Gasteiger partial charge in [-0.3, -0.25) is 10.1 Å². The van der Waals surface area contributed by atoms with Gasteiger partial charge >= 0.3 is 0 Å². The SMILES string of the molecule is CCCC1NC(Cc2ccccc2)C(=O)N1C1CC1. The summed E-state index contributed by atoms with van der Waals surface area (Å²) in [6.07, 6.45) is 5.62. The van der Waals surface area contributed by atoms with Crippen LogP contribution in [-0.4, -0.2) is 29.1 Å². The van der Waals surface area contributed by atoms with Gasteiger partial charge in [0.1, 0.15) is 0 Å². The summed E-state index contributed by atoms with van der Waals surface area (Å²) in [6.45, 7) is 2.18. The predicted molar refractivity (Wildman–Crippen MR) is 75.6 cm³/mol. The number of carbonyl (C=O) groups is 1. The summed E-state index contributed by atoms with van der Waals surface area (Å²) in [5.41, 5.74) is 1.24. The average Bonchev–Trinajstić information content (AvgIpc) is 3.20. The molecule has 102 valence electrons. The van der Waals surface area contributed by atoms with Crippen molar-refractivity contribution >= 4 is 5.91 Å². The normalized spacial score (nSPS) is 27.0. The Morgan fingerprint density at radius 1 is 1.26 bits per heavy atom. The van der Waals surface area contributed by atoms with Crippen molar-refractivity contribution in [3.63, 3.8) is 0 Å². The van der Waals surface area contributed by atoms with Gasteiger partial charge in [0.05, 0.1) is 12.2 Å². The molecule has 1 aromatic carbocycles. The number of rotatable bonds is 5. The van der Waals surface area contributed by atoms with Crippen LogP contribution in [0.15, 0.2) is 30.3 Å². The number of hydrogen-bond donors (Lipinski definition) is 1. The van der Waals surface area contributed by atoms with Crippen LogP contribution in [0.5, 0.6) is 0 Å². The standard InChI is InChI=1S/C16H22N2O/c1-2-6-15-17-14(11-12-7-4-3-5-8-12)16(19)18(15)13-9-10-13/h3-5,7-8,13-15,17H,2,6,9-11H2,1H3. The van der Waals surface area contributed by atoms with Gasteiger partial charge in [-0.05, 0) is 31.2 Å². The zero-order valence-corrected chi connectivity index (χ0v) is 11.5. The van der Waals surface area contributed by atoms with E-state index in [2.05, 4.69) is 29.3 Å². The first-order valence-corrected chi connectivity index (χ1v) is 7.41. The third kappa shape index (κ3) is 2.66. The van der Waals surface area contributed by atoms with Crippen molar-refractivity contribution in [2.75, 3.05) is 0 Å². The molecule has 0 bridgehead atoms. The lowest BCUT2D eigenvalue weighted by molar-refractivity contribution is -0.130. The molecule has 2 fully saturated rings. The summed E-state index contributed by atoms with van der Waals surface area (Å²) in [5, 5.41) is 3.54. The second kappa shape index (κ2) is 5.33. The molecule has 3 nitrogen and oxygen atoms in total. The fourth-order valence-corrected chi connectivity index (χ4v) is 3.00. The van der Waals surface area contributed by atoms with Gasteiger partial charge in [-0.1, -0.05) is 43.7 Å². The van der Waals surface area contributed by atoms with Gasteiger partial charge in [0, 0.05) is 6.04 Å². The molecule has 1 saturated heterocycles. The van der Waals surface area contributed by atoms with Crippen molar-refractivity contribution in [3.05, 3.63) is 35.9 Å². The van der Waals surface area contributed by atoms with E-state index in [1.807, 2.05) is 18.2 Å². The molecule has 1 N–H and O–H groups in total. The Bertz CT molecular complexity index is 441. The van der Waals surface area contributed by atoms with Gasteiger partial charge in [0.25, 0.3) is 0 Å². The Morgan fingerprint density at radius 3 is 2.63 bits per heavy atom. The summed E-state index contributed by atoms with van der Waals surface area (Å²) >= 11 is 0. The molecule has 1 heterocycles. The van der Waals surface area contributed by atoms with E-state index in [0.717, 1.165) is 19.3 Å². The summed E-state index contributed by atoms with van der Waals surface area (Å²) < 4.78 is 0. The van der Waals surface area contributed by atoms with Crippen molar-refractivity contribution in [1.82, 2.24) is 10.2 Å². The quantitative estimate of drug-likeness (QED) is 0.879. The van der Waals surface area contributed by atoms with Crippen LogP contribution < -0.4 is 5.32 Å². The van der Waals surface area contributed by atoms with Crippen LogP contribution in [0.1, 0.15) is 38.2 Å². The molecule has 0 radical (unpaired) electrons. The van der Waals surface area contributed by atoms with E-state index < -0.39 is 0 Å². The van der Waals surface area contributed by atoms with Crippen LogP contribution in [0, 0.1) is 0 Å². The molecule has 1 aliphatic carbocycles. The Kier molecular flexibility index (Phi) is 3.56.